The Hall–Kier alpha value is -2.35. The molecule has 2 aromatic rings. The summed E-state index contributed by atoms with van der Waals surface area (Å²) in [6, 6.07) is 6.35. The Morgan fingerprint density at radius 1 is 1.31 bits per heavy atom. The lowest BCUT2D eigenvalue weighted by Gasteiger charge is -2.30. The second kappa shape index (κ2) is 8.84. The van der Waals surface area contributed by atoms with E-state index in [-0.39, 0.29) is 5.91 Å². The Labute approximate surface area is 155 Å². The van der Waals surface area contributed by atoms with Gasteiger partial charge in [-0.1, -0.05) is 24.6 Å². The van der Waals surface area contributed by atoms with Gasteiger partial charge in [0.2, 0.25) is 15.9 Å². The van der Waals surface area contributed by atoms with Crippen molar-refractivity contribution in [2.24, 2.45) is 0 Å². The van der Waals surface area contributed by atoms with Gasteiger partial charge in [0.05, 0.1) is 18.3 Å². The first-order valence-corrected chi connectivity index (χ1v) is 10.5. The highest BCUT2D eigenvalue weighted by molar-refractivity contribution is 7.92. The normalized spacial score (nSPS) is 12.6. The molecule has 1 atom stereocenters. The largest absolute Gasteiger partial charge is 0.354 e. The molecule has 1 aromatic carbocycles. The van der Waals surface area contributed by atoms with Crippen LogP contribution in [-0.2, 0) is 21.4 Å². The molecular formula is C18H26N4O3S. The summed E-state index contributed by atoms with van der Waals surface area (Å²) >= 11 is 0. The third-order valence-electron chi connectivity index (χ3n) is 4.07. The molecule has 0 saturated heterocycles. The summed E-state index contributed by atoms with van der Waals surface area (Å²) in [6.45, 7) is 4.95. The van der Waals surface area contributed by atoms with Crippen LogP contribution in [0.1, 0.15) is 25.3 Å². The SMILES string of the molecule is CC[C@@H](C(=O)NCCCn1ccnc1)N(c1ccc(C)cc1)S(C)(=O)=O. The molecule has 142 valence electrons. The van der Waals surface area contributed by atoms with Gasteiger partial charge in [0, 0.05) is 25.5 Å². The summed E-state index contributed by atoms with van der Waals surface area (Å²) in [6.07, 6.45) is 7.54. The quantitative estimate of drug-likeness (QED) is 0.676. The maximum absolute atomic E-state index is 12.6. The van der Waals surface area contributed by atoms with Crippen molar-refractivity contribution in [1.82, 2.24) is 14.9 Å². The van der Waals surface area contributed by atoms with Crippen molar-refractivity contribution in [2.75, 3.05) is 17.1 Å². The van der Waals surface area contributed by atoms with Crippen LogP contribution in [-0.4, -0.2) is 42.7 Å². The summed E-state index contributed by atoms with van der Waals surface area (Å²) in [5, 5.41) is 2.85. The Kier molecular flexibility index (Phi) is 6.79. The maximum atomic E-state index is 12.6. The van der Waals surface area contributed by atoms with Gasteiger partial charge >= 0.3 is 0 Å². The number of amides is 1. The minimum Gasteiger partial charge on any atom is -0.354 e. The lowest BCUT2D eigenvalue weighted by Crippen LogP contribution is -2.49. The van der Waals surface area contributed by atoms with Crippen molar-refractivity contribution in [1.29, 1.82) is 0 Å². The molecule has 0 saturated carbocycles. The highest BCUT2D eigenvalue weighted by Gasteiger charge is 2.31. The summed E-state index contributed by atoms with van der Waals surface area (Å²) in [5.41, 5.74) is 1.53. The Bertz CT molecular complexity index is 801. The molecule has 0 aliphatic rings. The molecule has 0 unspecified atom stereocenters. The predicted octanol–water partition coefficient (Wildman–Crippen LogP) is 1.94. The zero-order valence-electron chi connectivity index (χ0n) is 15.4. The number of anilines is 1. The molecule has 0 aliphatic heterocycles. The Balaban J connectivity index is 2.06. The van der Waals surface area contributed by atoms with Crippen LogP contribution in [0.4, 0.5) is 5.69 Å². The van der Waals surface area contributed by atoms with Gasteiger partial charge in [0.15, 0.2) is 0 Å². The van der Waals surface area contributed by atoms with E-state index in [1.165, 1.54) is 4.31 Å². The molecule has 8 heteroatoms. The van der Waals surface area contributed by atoms with Gasteiger partial charge in [-0.05, 0) is 31.9 Å². The molecule has 26 heavy (non-hydrogen) atoms. The van der Waals surface area contributed by atoms with E-state index < -0.39 is 16.1 Å². The number of carbonyl (C=O) groups excluding carboxylic acids is 1. The first kappa shape index (κ1) is 20.0. The van der Waals surface area contributed by atoms with E-state index in [2.05, 4.69) is 10.3 Å². The number of rotatable bonds is 9. The van der Waals surface area contributed by atoms with Gasteiger partial charge in [0.25, 0.3) is 0 Å². The van der Waals surface area contributed by atoms with E-state index in [4.69, 9.17) is 0 Å². The van der Waals surface area contributed by atoms with Gasteiger partial charge in [-0.3, -0.25) is 9.10 Å². The fraction of sp³-hybridized carbons (Fsp3) is 0.444. The topological polar surface area (TPSA) is 84.3 Å². The molecule has 0 spiro atoms. The summed E-state index contributed by atoms with van der Waals surface area (Å²) in [5.74, 6) is -0.288. The number of nitrogens with one attached hydrogen (secondary N) is 1. The molecule has 1 N–H and O–H groups in total. The third kappa shape index (κ3) is 5.32. The number of hydrogen-bond donors (Lipinski definition) is 1. The van der Waals surface area contributed by atoms with E-state index >= 15 is 0 Å². The van der Waals surface area contributed by atoms with Crippen molar-refractivity contribution in [3.63, 3.8) is 0 Å². The van der Waals surface area contributed by atoms with E-state index in [0.29, 0.717) is 18.7 Å². The number of hydrogen-bond acceptors (Lipinski definition) is 4. The van der Waals surface area contributed by atoms with Crippen LogP contribution in [0.2, 0.25) is 0 Å². The van der Waals surface area contributed by atoms with E-state index in [9.17, 15) is 13.2 Å². The summed E-state index contributed by atoms with van der Waals surface area (Å²) < 4.78 is 27.8. The Morgan fingerprint density at radius 3 is 2.54 bits per heavy atom. The lowest BCUT2D eigenvalue weighted by molar-refractivity contribution is -0.122. The molecule has 0 aliphatic carbocycles. The van der Waals surface area contributed by atoms with Crippen molar-refractivity contribution in [3.8, 4) is 0 Å². The average molecular weight is 378 g/mol. The van der Waals surface area contributed by atoms with Crippen LogP contribution in [0, 0.1) is 6.92 Å². The van der Waals surface area contributed by atoms with Crippen LogP contribution in [0.25, 0.3) is 0 Å². The van der Waals surface area contributed by atoms with Crippen LogP contribution < -0.4 is 9.62 Å². The molecule has 1 amide bonds. The minimum absolute atomic E-state index is 0.288. The second-order valence-corrected chi connectivity index (χ2v) is 8.12. The minimum atomic E-state index is -3.59. The molecule has 0 fully saturated rings. The lowest BCUT2D eigenvalue weighted by atomic mass is 10.1. The van der Waals surface area contributed by atoms with Crippen molar-refractivity contribution in [2.45, 2.75) is 39.3 Å². The number of nitrogens with zero attached hydrogens (tertiary/aromatic N) is 3. The zero-order valence-corrected chi connectivity index (χ0v) is 16.2. The van der Waals surface area contributed by atoms with E-state index in [0.717, 1.165) is 24.8 Å². The highest BCUT2D eigenvalue weighted by Crippen LogP contribution is 2.22. The number of benzene rings is 1. The van der Waals surface area contributed by atoms with E-state index in [1.54, 1.807) is 24.7 Å². The smallest absolute Gasteiger partial charge is 0.243 e. The van der Waals surface area contributed by atoms with Crippen LogP contribution in [0.5, 0.6) is 0 Å². The van der Waals surface area contributed by atoms with Crippen LogP contribution in [0.15, 0.2) is 43.0 Å². The average Bonchev–Trinajstić information content (AvgIpc) is 3.10. The van der Waals surface area contributed by atoms with Gasteiger partial charge in [-0.15, -0.1) is 0 Å². The van der Waals surface area contributed by atoms with Gasteiger partial charge in [0.1, 0.15) is 6.04 Å². The van der Waals surface area contributed by atoms with Crippen LogP contribution >= 0.6 is 0 Å². The fourth-order valence-electron chi connectivity index (χ4n) is 2.76. The predicted molar refractivity (Wildman–Crippen MR) is 102 cm³/mol. The summed E-state index contributed by atoms with van der Waals surface area (Å²) in [4.78, 5) is 16.6. The molecule has 0 bridgehead atoms. The molecular weight excluding hydrogens is 352 g/mol. The Morgan fingerprint density at radius 2 is 2.00 bits per heavy atom. The van der Waals surface area contributed by atoms with E-state index in [1.807, 2.05) is 36.7 Å². The van der Waals surface area contributed by atoms with Crippen molar-refractivity contribution in [3.05, 3.63) is 48.5 Å². The highest BCUT2D eigenvalue weighted by atomic mass is 32.2. The third-order valence-corrected chi connectivity index (χ3v) is 5.25. The van der Waals surface area contributed by atoms with Gasteiger partial charge in [-0.2, -0.15) is 0 Å². The summed E-state index contributed by atoms with van der Waals surface area (Å²) in [7, 11) is -3.59. The molecule has 1 heterocycles. The second-order valence-electron chi connectivity index (χ2n) is 6.26. The van der Waals surface area contributed by atoms with Gasteiger partial charge in [-0.25, -0.2) is 13.4 Å². The molecule has 0 radical (unpaired) electrons. The number of aromatic nitrogens is 2. The number of sulfonamides is 1. The van der Waals surface area contributed by atoms with Gasteiger partial charge < -0.3 is 9.88 Å². The first-order valence-electron chi connectivity index (χ1n) is 8.62. The maximum Gasteiger partial charge on any atom is 0.243 e. The molecule has 2 rings (SSSR count). The monoisotopic (exact) mass is 378 g/mol. The fourth-order valence-corrected chi connectivity index (χ4v) is 3.97. The van der Waals surface area contributed by atoms with Crippen molar-refractivity contribution >= 4 is 21.6 Å². The van der Waals surface area contributed by atoms with Crippen LogP contribution in [0.3, 0.4) is 0 Å². The van der Waals surface area contributed by atoms with Crippen molar-refractivity contribution < 1.29 is 13.2 Å². The number of aryl methyl sites for hydroxylation is 2. The number of carbonyl (C=O) groups is 1. The molecule has 7 nitrogen and oxygen atoms in total. The zero-order chi connectivity index (χ0) is 19.2. The number of imidazole rings is 1. The molecule has 1 aromatic heterocycles. The first-order chi connectivity index (χ1) is 12.3. The standard InChI is InChI=1S/C18H26N4O3S/c1-4-17(18(23)20-10-5-12-21-13-11-19-14-21)22(26(3,24)25)16-8-6-15(2)7-9-16/h6-9,11,13-14,17H,4-5,10,12H2,1-3H3,(H,20,23)/t17-/m0/s1.